The largest absolute Gasteiger partial charge is 0.399 e. The maximum absolute atomic E-state index is 13.2. The average Bonchev–Trinajstić information content (AvgIpc) is 2.21. The summed E-state index contributed by atoms with van der Waals surface area (Å²) in [5.74, 6) is -0.631. The number of nitrogens with two attached hydrogens (primary N) is 1. The van der Waals surface area contributed by atoms with Crippen molar-refractivity contribution in [3.05, 3.63) is 29.6 Å². The van der Waals surface area contributed by atoms with Crippen molar-refractivity contribution in [2.45, 2.75) is 18.6 Å². The van der Waals surface area contributed by atoms with E-state index >= 15 is 0 Å². The van der Waals surface area contributed by atoms with Crippen molar-refractivity contribution in [3.63, 3.8) is 0 Å². The fourth-order valence-corrected chi connectivity index (χ4v) is 1.29. The molecular weight excluding hydrogens is 201 g/mol. The summed E-state index contributed by atoms with van der Waals surface area (Å²) in [5, 5.41) is 27.5. The summed E-state index contributed by atoms with van der Waals surface area (Å²) >= 11 is 0. The number of benzene rings is 1. The maximum Gasteiger partial charge on any atom is 0.129 e. The molecule has 2 unspecified atom stereocenters. The molecule has 0 aliphatic rings. The molecule has 0 amide bonds. The van der Waals surface area contributed by atoms with Crippen molar-refractivity contribution in [2.75, 3.05) is 12.3 Å². The van der Waals surface area contributed by atoms with Crippen LogP contribution in [0.3, 0.4) is 0 Å². The predicted octanol–water partition coefficient (Wildman–Crippen LogP) is 0.185. The first-order chi connectivity index (χ1) is 7.06. The molecule has 84 valence electrons. The number of rotatable bonds is 4. The summed E-state index contributed by atoms with van der Waals surface area (Å²) in [7, 11) is 0. The summed E-state index contributed by atoms with van der Waals surface area (Å²) in [6.45, 7) is -0.276. The van der Waals surface area contributed by atoms with Gasteiger partial charge in [-0.1, -0.05) is 0 Å². The van der Waals surface area contributed by atoms with E-state index in [9.17, 15) is 14.6 Å². The molecule has 2 atom stereocenters. The van der Waals surface area contributed by atoms with Crippen molar-refractivity contribution in [2.24, 2.45) is 0 Å². The lowest BCUT2D eigenvalue weighted by molar-refractivity contribution is 0.00240. The van der Waals surface area contributed by atoms with Gasteiger partial charge in [-0.05, 0) is 24.6 Å². The molecule has 0 radical (unpaired) electrons. The lowest BCUT2D eigenvalue weighted by Gasteiger charge is -2.18. The van der Waals surface area contributed by atoms with Gasteiger partial charge in [0.15, 0.2) is 0 Å². The number of hydrogen-bond acceptors (Lipinski definition) is 4. The fourth-order valence-electron chi connectivity index (χ4n) is 1.29. The summed E-state index contributed by atoms with van der Waals surface area (Å²) < 4.78 is 13.2. The molecule has 0 saturated carbocycles. The van der Waals surface area contributed by atoms with Crippen molar-refractivity contribution in [3.8, 4) is 0 Å². The van der Waals surface area contributed by atoms with Gasteiger partial charge in [-0.15, -0.1) is 0 Å². The molecule has 0 aromatic heterocycles. The van der Waals surface area contributed by atoms with Crippen LogP contribution in [0.1, 0.15) is 18.1 Å². The van der Waals surface area contributed by atoms with Gasteiger partial charge in [0, 0.05) is 17.9 Å². The standard InChI is InChI=1S/C10H14FNO3/c11-8-2-1-6(12)5-7(8)10(15)9(14)3-4-13/h1-2,5,9-10,13-15H,3-4,12H2. The van der Waals surface area contributed by atoms with E-state index in [0.717, 1.165) is 6.07 Å². The third-order valence-corrected chi connectivity index (χ3v) is 2.13. The molecule has 0 heterocycles. The van der Waals surface area contributed by atoms with Gasteiger partial charge in [0.05, 0.1) is 6.10 Å². The minimum Gasteiger partial charge on any atom is -0.399 e. The first-order valence-electron chi connectivity index (χ1n) is 4.58. The molecule has 5 heteroatoms. The van der Waals surface area contributed by atoms with E-state index in [1.54, 1.807) is 0 Å². The molecule has 0 spiro atoms. The molecule has 4 nitrogen and oxygen atoms in total. The van der Waals surface area contributed by atoms with Gasteiger partial charge < -0.3 is 21.1 Å². The van der Waals surface area contributed by atoms with Gasteiger partial charge in [-0.25, -0.2) is 4.39 Å². The third kappa shape index (κ3) is 2.89. The van der Waals surface area contributed by atoms with E-state index in [-0.39, 0.29) is 18.6 Å². The van der Waals surface area contributed by atoms with Gasteiger partial charge in [-0.3, -0.25) is 0 Å². The third-order valence-electron chi connectivity index (χ3n) is 2.13. The Morgan fingerprint density at radius 2 is 2.00 bits per heavy atom. The molecule has 0 aliphatic heterocycles. The summed E-state index contributed by atoms with van der Waals surface area (Å²) in [6, 6.07) is 3.75. The number of aliphatic hydroxyl groups excluding tert-OH is 3. The molecule has 0 saturated heterocycles. The maximum atomic E-state index is 13.2. The van der Waals surface area contributed by atoms with Gasteiger partial charge in [0.1, 0.15) is 11.9 Å². The van der Waals surface area contributed by atoms with Crippen LogP contribution in [-0.4, -0.2) is 28.0 Å². The Kier molecular flexibility index (Phi) is 4.02. The van der Waals surface area contributed by atoms with Crippen LogP contribution in [0, 0.1) is 5.82 Å². The molecule has 15 heavy (non-hydrogen) atoms. The summed E-state index contributed by atoms with van der Waals surface area (Å²) in [6.07, 6.45) is -2.60. The molecular formula is C10H14FNO3. The van der Waals surface area contributed by atoms with Gasteiger partial charge in [-0.2, -0.15) is 0 Å². The van der Waals surface area contributed by atoms with Gasteiger partial charge in [0.2, 0.25) is 0 Å². The number of hydrogen-bond donors (Lipinski definition) is 4. The molecule has 1 aromatic rings. The van der Waals surface area contributed by atoms with E-state index in [1.807, 2.05) is 0 Å². The molecule has 1 aromatic carbocycles. The van der Waals surface area contributed by atoms with Crippen molar-refractivity contribution in [1.82, 2.24) is 0 Å². The second-order valence-electron chi connectivity index (χ2n) is 3.31. The van der Waals surface area contributed by atoms with Crippen LogP contribution >= 0.6 is 0 Å². The van der Waals surface area contributed by atoms with E-state index in [0.29, 0.717) is 5.69 Å². The Morgan fingerprint density at radius 3 is 2.60 bits per heavy atom. The van der Waals surface area contributed by atoms with Gasteiger partial charge >= 0.3 is 0 Å². The number of anilines is 1. The van der Waals surface area contributed by atoms with Crippen LogP contribution in [-0.2, 0) is 0 Å². The van der Waals surface area contributed by atoms with Crippen LogP contribution in [0.15, 0.2) is 18.2 Å². The van der Waals surface area contributed by atoms with Crippen LogP contribution in [0.4, 0.5) is 10.1 Å². The minimum atomic E-state index is -1.37. The quantitative estimate of drug-likeness (QED) is 0.540. The van der Waals surface area contributed by atoms with E-state index in [1.165, 1.54) is 12.1 Å². The highest BCUT2D eigenvalue weighted by molar-refractivity contribution is 5.42. The van der Waals surface area contributed by atoms with E-state index in [4.69, 9.17) is 10.8 Å². The zero-order valence-electron chi connectivity index (χ0n) is 8.10. The Labute approximate surface area is 86.8 Å². The van der Waals surface area contributed by atoms with Crippen molar-refractivity contribution < 1.29 is 19.7 Å². The highest BCUT2D eigenvalue weighted by atomic mass is 19.1. The first kappa shape index (κ1) is 11.9. The van der Waals surface area contributed by atoms with Crippen LogP contribution in [0.5, 0.6) is 0 Å². The number of aliphatic hydroxyl groups is 3. The first-order valence-corrected chi connectivity index (χ1v) is 4.58. The normalized spacial score (nSPS) is 14.9. The smallest absolute Gasteiger partial charge is 0.129 e. The van der Waals surface area contributed by atoms with E-state index < -0.39 is 18.0 Å². The second-order valence-corrected chi connectivity index (χ2v) is 3.31. The van der Waals surface area contributed by atoms with E-state index in [2.05, 4.69) is 0 Å². The van der Waals surface area contributed by atoms with Crippen LogP contribution in [0.2, 0.25) is 0 Å². The average molecular weight is 215 g/mol. The van der Waals surface area contributed by atoms with Gasteiger partial charge in [0.25, 0.3) is 0 Å². The highest BCUT2D eigenvalue weighted by Crippen LogP contribution is 2.23. The lowest BCUT2D eigenvalue weighted by atomic mass is 10.0. The summed E-state index contributed by atoms with van der Waals surface area (Å²) in [4.78, 5) is 0. The van der Waals surface area contributed by atoms with Crippen LogP contribution < -0.4 is 5.73 Å². The number of nitrogen functional groups attached to an aromatic ring is 1. The molecule has 0 fully saturated rings. The van der Waals surface area contributed by atoms with Crippen LogP contribution in [0.25, 0.3) is 0 Å². The molecule has 5 N–H and O–H groups in total. The second kappa shape index (κ2) is 5.06. The predicted molar refractivity (Wildman–Crippen MR) is 53.5 cm³/mol. The SMILES string of the molecule is Nc1ccc(F)c(C(O)C(O)CCO)c1. The zero-order valence-corrected chi connectivity index (χ0v) is 8.10. The topological polar surface area (TPSA) is 86.7 Å². The highest BCUT2D eigenvalue weighted by Gasteiger charge is 2.21. The Hall–Kier alpha value is -1.17. The molecule has 0 bridgehead atoms. The van der Waals surface area contributed by atoms with Crippen molar-refractivity contribution >= 4 is 5.69 Å². The molecule has 1 rings (SSSR count). The fraction of sp³-hybridized carbons (Fsp3) is 0.400. The zero-order chi connectivity index (χ0) is 11.4. The minimum absolute atomic E-state index is 0.0184. The summed E-state index contributed by atoms with van der Waals surface area (Å²) in [5.41, 5.74) is 5.68. The Bertz CT molecular complexity index is 332. The Balaban J connectivity index is 2.89. The monoisotopic (exact) mass is 215 g/mol. The molecule has 0 aliphatic carbocycles. The Morgan fingerprint density at radius 1 is 1.33 bits per heavy atom. The number of halogens is 1. The van der Waals surface area contributed by atoms with Crippen molar-refractivity contribution in [1.29, 1.82) is 0 Å². The lowest BCUT2D eigenvalue weighted by Crippen LogP contribution is -2.20.